The molecule has 2 aromatic carbocycles. The van der Waals surface area contributed by atoms with Gasteiger partial charge in [0, 0.05) is 5.69 Å². The van der Waals surface area contributed by atoms with Gasteiger partial charge in [-0.1, -0.05) is 29.8 Å². The number of sulfonamides is 1. The molecule has 0 aliphatic heterocycles. The Balaban J connectivity index is 2.22. The molecule has 0 aromatic heterocycles. The summed E-state index contributed by atoms with van der Waals surface area (Å²) < 4.78 is 25.0. The fraction of sp³-hybridized carbons (Fsp3) is 0.278. The second kappa shape index (κ2) is 7.45. The molecule has 0 spiro atoms. The maximum atomic E-state index is 12.5. The van der Waals surface area contributed by atoms with Crippen molar-refractivity contribution in [2.24, 2.45) is 0 Å². The van der Waals surface area contributed by atoms with Crippen LogP contribution in [0.2, 0.25) is 5.02 Å². The van der Waals surface area contributed by atoms with E-state index in [4.69, 9.17) is 11.6 Å². The number of nitrogens with one attached hydrogen (secondary N) is 2. The maximum absolute atomic E-state index is 12.5. The summed E-state index contributed by atoms with van der Waals surface area (Å²) in [6, 6.07) is 10.2. The first-order valence-electron chi connectivity index (χ1n) is 7.72. The first-order valence-corrected chi connectivity index (χ1v) is 9.99. The van der Waals surface area contributed by atoms with Gasteiger partial charge in [0.25, 0.3) is 5.91 Å². The van der Waals surface area contributed by atoms with Crippen LogP contribution in [0.1, 0.15) is 40.0 Å². The minimum atomic E-state index is -3.43. The number of hydrogen-bond donors (Lipinski definition) is 2. The van der Waals surface area contributed by atoms with Gasteiger partial charge in [-0.25, -0.2) is 8.42 Å². The van der Waals surface area contributed by atoms with E-state index >= 15 is 0 Å². The first kappa shape index (κ1) is 19.3. The number of benzene rings is 2. The van der Waals surface area contributed by atoms with Crippen LogP contribution < -0.4 is 10.0 Å². The molecule has 0 aliphatic carbocycles. The van der Waals surface area contributed by atoms with E-state index < -0.39 is 10.0 Å². The molecule has 0 saturated carbocycles. The van der Waals surface area contributed by atoms with Gasteiger partial charge >= 0.3 is 0 Å². The van der Waals surface area contributed by atoms with E-state index in [0.29, 0.717) is 0 Å². The van der Waals surface area contributed by atoms with Crippen LogP contribution in [0.4, 0.5) is 5.69 Å². The summed E-state index contributed by atoms with van der Waals surface area (Å²) in [6.07, 6.45) is 1.04. The monoisotopic (exact) mass is 380 g/mol. The van der Waals surface area contributed by atoms with E-state index in [1.807, 2.05) is 39.0 Å². The zero-order valence-electron chi connectivity index (χ0n) is 14.6. The summed E-state index contributed by atoms with van der Waals surface area (Å²) in [4.78, 5) is 12.5. The highest BCUT2D eigenvalue weighted by Crippen LogP contribution is 2.23. The van der Waals surface area contributed by atoms with Crippen molar-refractivity contribution >= 4 is 33.2 Å². The van der Waals surface area contributed by atoms with E-state index in [0.717, 1.165) is 17.4 Å². The van der Waals surface area contributed by atoms with E-state index in [2.05, 4.69) is 10.0 Å². The number of halogens is 1. The summed E-state index contributed by atoms with van der Waals surface area (Å²) in [5.41, 5.74) is 3.82. The second-order valence-electron chi connectivity index (χ2n) is 6.11. The van der Waals surface area contributed by atoms with Crippen LogP contribution in [0.25, 0.3) is 0 Å². The SMILES string of the molecule is Cc1ccc([C@@H](C)NC(=O)c2cc(NS(C)(=O)=O)ccc2Cl)cc1C. The van der Waals surface area contributed by atoms with Crippen molar-refractivity contribution in [2.75, 3.05) is 11.0 Å². The van der Waals surface area contributed by atoms with Crippen molar-refractivity contribution in [1.82, 2.24) is 5.32 Å². The summed E-state index contributed by atoms with van der Waals surface area (Å²) in [6.45, 7) is 5.93. The fourth-order valence-electron chi connectivity index (χ4n) is 2.37. The van der Waals surface area contributed by atoms with Crippen molar-refractivity contribution in [3.05, 3.63) is 63.7 Å². The lowest BCUT2D eigenvalue weighted by Crippen LogP contribution is -2.27. The average Bonchev–Trinajstić information content (AvgIpc) is 2.50. The van der Waals surface area contributed by atoms with Crippen molar-refractivity contribution in [3.8, 4) is 0 Å². The fourth-order valence-corrected chi connectivity index (χ4v) is 3.13. The quantitative estimate of drug-likeness (QED) is 0.827. The molecule has 25 heavy (non-hydrogen) atoms. The van der Waals surface area contributed by atoms with Crippen LogP contribution in [0.5, 0.6) is 0 Å². The molecule has 0 bridgehead atoms. The highest BCUT2D eigenvalue weighted by Gasteiger charge is 2.16. The Kier molecular flexibility index (Phi) is 5.75. The van der Waals surface area contributed by atoms with Gasteiger partial charge in [0.1, 0.15) is 0 Å². The van der Waals surface area contributed by atoms with E-state index in [9.17, 15) is 13.2 Å². The van der Waals surface area contributed by atoms with Crippen LogP contribution in [0.3, 0.4) is 0 Å². The molecule has 0 unspecified atom stereocenters. The minimum absolute atomic E-state index is 0.214. The largest absolute Gasteiger partial charge is 0.345 e. The molecular weight excluding hydrogens is 360 g/mol. The predicted molar refractivity (Wildman–Crippen MR) is 102 cm³/mol. The van der Waals surface area contributed by atoms with Gasteiger partial charge in [-0.3, -0.25) is 9.52 Å². The highest BCUT2D eigenvalue weighted by atomic mass is 35.5. The second-order valence-corrected chi connectivity index (χ2v) is 8.26. The number of rotatable bonds is 5. The maximum Gasteiger partial charge on any atom is 0.253 e. The van der Waals surface area contributed by atoms with Crippen LogP contribution in [-0.2, 0) is 10.0 Å². The lowest BCUT2D eigenvalue weighted by Gasteiger charge is -2.17. The third-order valence-electron chi connectivity index (χ3n) is 3.89. The zero-order valence-corrected chi connectivity index (χ0v) is 16.1. The Bertz CT molecular complexity index is 911. The number of carbonyl (C=O) groups excluding carboxylic acids is 1. The summed E-state index contributed by atoms with van der Waals surface area (Å²) in [5.74, 6) is -0.368. The summed E-state index contributed by atoms with van der Waals surface area (Å²) in [5, 5.41) is 3.14. The van der Waals surface area contributed by atoms with Crippen molar-refractivity contribution < 1.29 is 13.2 Å². The predicted octanol–water partition coefficient (Wildman–Crippen LogP) is 3.82. The lowest BCUT2D eigenvalue weighted by molar-refractivity contribution is 0.0940. The molecule has 0 saturated heterocycles. The Morgan fingerprint density at radius 1 is 1.08 bits per heavy atom. The van der Waals surface area contributed by atoms with Crippen LogP contribution in [0, 0.1) is 13.8 Å². The third kappa shape index (κ3) is 5.21. The van der Waals surface area contributed by atoms with Crippen molar-refractivity contribution in [2.45, 2.75) is 26.8 Å². The van der Waals surface area contributed by atoms with Crippen LogP contribution in [-0.4, -0.2) is 20.6 Å². The Morgan fingerprint density at radius 3 is 2.36 bits per heavy atom. The normalized spacial score (nSPS) is 12.5. The average molecular weight is 381 g/mol. The Morgan fingerprint density at radius 2 is 1.76 bits per heavy atom. The molecule has 1 atom stereocenters. The molecule has 5 nitrogen and oxygen atoms in total. The minimum Gasteiger partial charge on any atom is -0.345 e. The number of amides is 1. The molecule has 2 aromatic rings. The number of hydrogen-bond acceptors (Lipinski definition) is 3. The lowest BCUT2D eigenvalue weighted by atomic mass is 10.0. The third-order valence-corrected chi connectivity index (χ3v) is 4.83. The van der Waals surface area contributed by atoms with E-state index in [1.54, 1.807) is 0 Å². The van der Waals surface area contributed by atoms with Gasteiger partial charge in [-0.2, -0.15) is 0 Å². The Labute approximate surface area is 153 Å². The van der Waals surface area contributed by atoms with Gasteiger partial charge in [0.05, 0.1) is 22.9 Å². The van der Waals surface area contributed by atoms with E-state index in [-0.39, 0.29) is 28.2 Å². The molecule has 2 N–H and O–H groups in total. The van der Waals surface area contributed by atoms with Gasteiger partial charge in [-0.05, 0) is 55.7 Å². The molecule has 0 aliphatic rings. The molecule has 134 valence electrons. The Hall–Kier alpha value is -2.05. The topological polar surface area (TPSA) is 75.3 Å². The summed E-state index contributed by atoms with van der Waals surface area (Å²) >= 11 is 6.10. The molecule has 7 heteroatoms. The first-order chi connectivity index (χ1) is 11.6. The van der Waals surface area contributed by atoms with Crippen molar-refractivity contribution in [1.29, 1.82) is 0 Å². The number of carbonyl (C=O) groups is 1. The molecule has 2 rings (SSSR count). The number of anilines is 1. The molecular formula is C18H21ClN2O3S. The highest BCUT2D eigenvalue weighted by molar-refractivity contribution is 7.92. The molecule has 0 heterocycles. The number of aryl methyl sites for hydroxylation is 2. The zero-order chi connectivity index (χ0) is 18.8. The molecule has 0 radical (unpaired) electrons. The van der Waals surface area contributed by atoms with E-state index in [1.165, 1.54) is 23.8 Å². The summed E-state index contributed by atoms with van der Waals surface area (Å²) in [7, 11) is -3.43. The molecule has 1 amide bonds. The molecule has 0 fully saturated rings. The van der Waals surface area contributed by atoms with Gasteiger partial charge in [0.15, 0.2) is 0 Å². The smallest absolute Gasteiger partial charge is 0.253 e. The standard InChI is InChI=1S/C18H21ClN2O3S/c1-11-5-6-14(9-12(11)2)13(3)20-18(22)16-10-15(7-8-17(16)19)21-25(4,23)24/h5-10,13,21H,1-4H3,(H,20,22)/t13-/m1/s1. The van der Waals surface area contributed by atoms with Crippen LogP contribution >= 0.6 is 11.6 Å². The van der Waals surface area contributed by atoms with Crippen molar-refractivity contribution in [3.63, 3.8) is 0 Å². The van der Waals surface area contributed by atoms with Gasteiger partial charge in [0.2, 0.25) is 10.0 Å². The van der Waals surface area contributed by atoms with Gasteiger partial charge < -0.3 is 5.32 Å². The van der Waals surface area contributed by atoms with Gasteiger partial charge in [-0.15, -0.1) is 0 Å². The van der Waals surface area contributed by atoms with Crippen LogP contribution in [0.15, 0.2) is 36.4 Å².